The van der Waals surface area contributed by atoms with Crippen LogP contribution in [0.2, 0.25) is 0 Å². The van der Waals surface area contributed by atoms with Crippen LogP contribution in [0.5, 0.6) is 11.5 Å². The molecule has 2 aromatic carbocycles. The molecule has 0 aliphatic carbocycles. The van der Waals surface area contributed by atoms with Gasteiger partial charge in [-0.25, -0.2) is 4.98 Å². The Morgan fingerprint density at radius 2 is 1.65 bits per heavy atom. The van der Waals surface area contributed by atoms with Gasteiger partial charge in [0, 0.05) is 11.4 Å². The first-order chi connectivity index (χ1) is 12.8. The first-order valence-electron chi connectivity index (χ1n) is 8.21. The maximum Gasteiger partial charge on any atom is 0.149 e. The van der Waals surface area contributed by atoms with Crippen LogP contribution >= 0.6 is 0 Å². The van der Waals surface area contributed by atoms with E-state index in [2.05, 4.69) is 25.5 Å². The molecule has 0 amide bonds. The number of aromatic amines is 1. The number of aromatic nitrogens is 4. The summed E-state index contributed by atoms with van der Waals surface area (Å²) >= 11 is 0. The molecule has 6 nitrogen and oxygen atoms in total. The summed E-state index contributed by atoms with van der Waals surface area (Å²) in [5, 5.41) is 10.4. The molecule has 2 aromatic heterocycles. The van der Waals surface area contributed by atoms with Crippen molar-refractivity contribution in [3.05, 3.63) is 78.8 Å². The predicted molar refractivity (Wildman–Crippen MR) is 101 cm³/mol. The van der Waals surface area contributed by atoms with Crippen LogP contribution < -0.4 is 10.1 Å². The van der Waals surface area contributed by atoms with Crippen molar-refractivity contribution in [3.63, 3.8) is 0 Å². The van der Waals surface area contributed by atoms with E-state index in [-0.39, 0.29) is 0 Å². The number of ether oxygens (including phenoxy) is 1. The second-order valence-electron chi connectivity index (χ2n) is 5.79. The van der Waals surface area contributed by atoms with Crippen LogP contribution in [0.25, 0.3) is 11.4 Å². The maximum atomic E-state index is 5.80. The number of hydrogen-bond donors (Lipinski definition) is 2. The molecule has 128 valence electrons. The zero-order valence-electron chi connectivity index (χ0n) is 14.2. The lowest BCUT2D eigenvalue weighted by Gasteiger charge is -2.08. The number of nitrogens with zero attached hydrogens (tertiary/aromatic N) is 3. The second kappa shape index (κ2) is 7.06. The minimum atomic E-state index is 0.653. The van der Waals surface area contributed by atoms with Gasteiger partial charge in [0.1, 0.15) is 28.7 Å². The molecule has 6 heteroatoms. The molecule has 0 bridgehead atoms. The van der Waals surface area contributed by atoms with Gasteiger partial charge in [-0.3, -0.25) is 10.1 Å². The molecule has 0 spiro atoms. The van der Waals surface area contributed by atoms with E-state index < -0.39 is 0 Å². The number of para-hydroxylation sites is 1. The molecular formula is C20H17N5O. The minimum absolute atomic E-state index is 0.653. The highest BCUT2D eigenvalue weighted by Crippen LogP contribution is 2.24. The summed E-state index contributed by atoms with van der Waals surface area (Å²) < 4.78 is 5.80. The van der Waals surface area contributed by atoms with Gasteiger partial charge in [-0.2, -0.15) is 5.10 Å². The zero-order valence-corrected chi connectivity index (χ0v) is 14.2. The Hall–Kier alpha value is -3.67. The topological polar surface area (TPSA) is 75.7 Å². The van der Waals surface area contributed by atoms with Crippen molar-refractivity contribution in [1.29, 1.82) is 0 Å². The summed E-state index contributed by atoms with van der Waals surface area (Å²) in [4.78, 5) is 8.79. The smallest absolute Gasteiger partial charge is 0.149 e. The second-order valence-corrected chi connectivity index (χ2v) is 5.79. The fourth-order valence-corrected chi connectivity index (χ4v) is 2.48. The third-order valence-corrected chi connectivity index (χ3v) is 3.71. The van der Waals surface area contributed by atoms with Crippen molar-refractivity contribution in [3.8, 4) is 22.9 Å². The number of anilines is 2. The van der Waals surface area contributed by atoms with E-state index in [1.807, 2.05) is 67.6 Å². The highest BCUT2D eigenvalue weighted by atomic mass is 16.5. The SMILES string of the molecule is Cc1cc(-c2cncc(Nc3ccc(Oc4ccccc4)cc3)n2)n[nH]1. The fraction of sp³-hybridized carbons (Fsp3) is 0.0500. The van der Waals surface area contributed by atoms with E-state index in [1.54, 1.807) is 12.4 Å². The first kappa shape index (κ1) is 15.8. The molecule has 0 aliphatic heterocycles. The monoisotopic (exact) mass is 343 g/mol. The van der Waals surface area contributed by atoms with E-state index in [4.69, 9.17) is 4.74 Å². The Bertz CT molecular complexity index is 996. The molecule has 2 heterocycles. The molecule has 0 aliphatic rings. The van der Waals surface area contributed by atoms with Crippen LogP contribution in [-0.4, -0.2) is 20.2 Å². The summed E-state index contributed by atoms with van der Waals surface area (Å²) in [5.41, 5.74) is 3.36. The van der Waals surface area contributed by atoms with Crippen molar-refractivity contribution >= 4 is 11.5 Å². The van der Waals surface area contributed by atoms with Crippen molar-refractivity contribution in [1.82, 2.24) is 20.2 Å². The van der Waals surface area contributed by atoms with Gasteiger partial charge in [0.25, 0.3) is 0 Å². The predicted octanol–water partition coefficient (Wildman–Crippen LogP) is 4.71. The number of rotatable bonds is 5. The average Bonchev–Trinajstić information content (AvgIpc) is 3.11. The van der Waals surface area contributed by atoms with Gasteiger partial charge in [0.05, 0.1) is 12.4 Å². The van der Waals surface area contributed by atoms with Crippen molar-refractivity contribution < 1.29 is 4.74 Å². The van der Waals surface area contributed by atoms with Gasteiger partial charge in [-0.1, -0.05) is 18.2 Å². The number of H-pyrrole nitrogens is 1. The molecule has 0 saturated carbocycles. The first-order valence-corrected chi connectivity index (χ1v) is 8.21. The number of aryl methyl sites for hydroxylation is 1. The van der Waals surface area contributed by atoms with Gasteiger partial charge < -0.3 is 10.1 Å². The lowest BCUT2D eigenvalue weighted by molar-refractivity contribution is 0.483. The summed E-state index contributed by atoms with van der Waals surface area (Å²) in [5.74, 6) is 2.23. The molecule has 4 rings (SSSR count). The molecular weight excluding hydrogens is 326 g/mol. The Morgan fingerprint density at radius 1 is 0.885 bits per heavy atom. The fourth-order valence-electron chi connectivity index (χ4n) is 2.48. The average molecular weight is 343 g/mol. The van der Waals surface area contributed by atoms with Gasteiger partial charge in [-0.15, -0.1) is 0 Å². The van der Waals surface area contributed by atoms with Crippen molar-refractivity contribution in [2.45, 2.75) is 6.92 Å². The van der Waals surface area contributed by atoms with Crippen LogP contribution in [0.4, 0.5) is 11.5 Å². The van der Waals surface area contributed by atoms with E-state index in [1.165, 1.54) is 0 Å². The van der Waals surface area contributed by atoms with Gasteiger partial charge in [0.2, 0.25) is 0 Å². The van der Waals surface area contributed by atoms with E-state index in [0.717, 1.165) is 28.6 Å². The Morgan fingerprint density at radius 3 is 2.38 bits per heavy atom. The molecule has 0 atom stereocenters. The van der Waals surface area contributed by atoms with Crippen LogP contribution in [0, 0.1) is 6.92 Å². The molecule has 0 fully saturated rings. The lowest BCUT2D eigenvalue weighted by atomic mass is 10.3. The molecule has 0 radical (unpaired) electrons. The zero-order chi connectivity index (χ0) is 17.8. The van der Waals surface area contributed by atoms with E-state index in [0.29, 0.717) is 11.5 Å². The minimum Gasteiger partial charge on any atom is -0.457 e. The Labute approximate surface area is 150 Å². The third-order valence-electron chi connectivity index (χ3n) is 3.71. The van der Waals surface area contributed by atoms with Crippen LogP contribution in [-0.2, 0) is 0 Å². The summed E-state index contributed by atoms with van der Waals surface area (Å²) in [6, 6.07) is 19.3. The van der Waals surface area contributed by atoms with Gasteiger partial charge in [-0.05, 0) is 49.4 Å². The Kier molecular flexibility index (Phi) is 4.30. The summed E-state index contributed by atoms with van der Waals surface area (Å²) in [6.45, 7) is 1.95. The largest absolute Gasteiger partial charge is 0.457 e. The highest BCUT2D eigenvalue weighted by molar-refractivity contribution is 5.60. The molecule has 0 saturated heterocycles. The molecule has 26 heavy (non-hydrogen) atoms. The van der Waals surface area contributed by atoms with Gasteiger partial charge in [0.15, 0.2) is 0 Å². The quantitative estimate of drug-likeness (QED) is 0.549. The molecule has 0 unspecified atom stereocenters. The highest BCUT2D eigenvalue weighted by Gasteiger charge is 2.06. The van der Waals surface area contributed by atoms with E-state index >= 15 is 0 Å². The summed E-state index contributed by atoms with van der Waals surface area (Å²) in [7, 11) is 0. The van der Waals surface area contributed by atoms with Crippen LogP contribution in [0.15, 0.2) is 73.1 Å². The number of hydrogen-bond acceptors (Lipinski definition) is 5. The standard InChI is InChI=1S/C20H17N5O/c1-14-11-18(25-24-14)19-12-21-13-20(23-19)22-15-7-9-17(10-8-15)26-16-5-3-2-4-6-16/h2-13H,1H3,(H,22,23)(H,24,25). The molecule has 2 N–H and O–H groups in total. The van der Waals surface area contributed by atoms with Crippen molar-refractivity contribution in [2.75, 3.05) is 5.32 Å². The lowest BCUT2D eigenvalue weighted by Crippen LogP contribution is -1.96. The third kappa shape index (κ3) is 3.70. The summed E-state index contributed by atoms with van der Waals surface area (Å²) in [6.07, 6.45) is 3.37. The van der Waals surface area contributed by atoms with Gasteiger partial charge >= 0.3 is 0 Å². The number of nitrogens with one attached hydrogen (secondary N) is 2. The van der Waals surface area contributed by atoms with Crippen LogP contribution in [0.1, 0.15) is 5.69 Å². The molecule has 4 aromatic rings. The number of benzene rings is 2. The van der Waals surface area contributed by atoms with Crippen LogP contribution in [0.3, 0.4) is 0 Å². The Balaban J connectivity index is 1.47. The van der Waals surface area contributed by atoms with Crippen molar-refractivity contribution in [2.24, 2.45) is 0 Å². The van der Waals surface area contributed by atoms with E-state index in [9.17, 15) is 0 Å². The maximum absolute atomic E-state index is 5.80. The normalized spacial score (nSPS) is 10.5.